The zero-order valence-electron chi connectivity index (χ0n) is 13.3. The van der Waals surface area contributed by atoms with Gasteiger partial charge in [0.15, 0.2) is 0 Å². The van der Waals surface area contributed by atoms with Crippen molar-refractivity contribution in [2.45, 2.75) is 33.1 Å². The number of carbonyl (C=O) groups is 1. The van der Waals surface area contributed by atoms with Crippen LogP contribution in [-0.2, 0) is 21.2 Å². The van der Waals surface area contributed by atoms with Gasteiger partial charge in [0.1, 0.15) is 5.76 Å². The van der Waals surface area contributed by atoms with Gasteiger partial charge in [0.2, 0.25) is 15.9 Å². The smallest absolute Gasteiger partial charge is 0.227 e. The number of likely N-dealkylation sites (tertiary alicyclic amines) is 1. The molecule has 1 N–H and O–H groups in total. The van der Waals surface area contributed by atoms with E-state index in [2.05, 4.69) is 9.88 Å². The van der Waals surface area contributed by atoms with Gasteiger partial charge in [-0.25, -0.2) is 13.1 Å². The molecule has 0 saturated carbocycles. The minimum atomic E-state index is -3.19. The van der Waals surface area contributed by atoms with Crippen molar-refractivity contribution in [2.75, 3.05) is 25.9 Å². The third kappa shape index (κ3) is 4.54. The number of hydrogen-bond acceptors (Lipinski definition) is 5. The van der Waals surface area contributed by atoms with Crippen LogP contribution in [0.1, 0.15) is 29.9 Å². The molecule has 1 aromatic rings. The number of aryl methyl sites for hydroxylation is 2. The summed E-state index contributed by atoms with van der Waals surface area (Å²) in [6.07, 6.45) is 3.25. The fourth-order valence-electron chi connectivity index (χ4n) is 2.74. The summed E-state index contributed by atoms with van der Waals surface area (Å²) >= 11 is 0. The predicted molar refractivity (Wildman–Crippen MR) is 81.8 cm³/mol. The van der Waals surface area contributed by atoms with Gasteiger partial charge in [-0.3, -0.25) is 4.79 Å². The van der Waals surface area contributed by atoms with Crippen molar-refractivity contribution in [1.82, 2.24) is 14.8 Å². The van der Waals surface area contributed by atoms with Gasteiger partial charge in [0, 0.05) is 25.2 Å². The topological polar surface area (TPSA) is 92.5 Å². The quantitative estimate of drug-likeness (QED) is 0.855. The second-order valence-corrected chi connectivity index (χ2v) is 7.78. The first kappa shape index (κ1) is 17.0. The lowest BCUT2D eigenvalue weighted by molar-refractivity contribution is -0.132. The van der Waals surface area contributed by atoms with Crippen LogP contribution in [0.3, 0.4) is 0 Å². The summed E-state index contributed by atoms with van der Waals surface area (Å²) in [5, 5.41) is 3.86. The molecule has 1 atom stereocenters. The number of aromatic nitrogens is 1. The lowest BCUT2D eigenvalue weighted by Crippen LogP contribution is -2.44. The summed E-state index contributed by atoms with van der Waals surface area (Å²) in [5.74, 6) is 0.883. The van der Waals surface area contributed by atoms with Crippen molar-refractivity contribution in [3.05, 3.63) is 17.0 Å². The summed E-state index contributed by atoms with van der Waals surface area (Å²) in [5.41, 5.74) is 1.60. The molecule has 8 heteroatoms. The number of hydrogen-bond donors (Lipinski definition) is 1. The molecule has 1 saturated heterocycles. The maximum atomic E-state index is 12.4. The van der Waals surface area contributed by atoms with E-state index in [0.717, 1.165) is 36.9 Å². The van der Waals surface area contributed by atoms with Crippen LogP contribution in [0.5, 0.6) is 0 Å². The average Bonchev–Trinajstić information content (AvgIpc) is 2.76. The molecule has 1 amide bonds. The number of amides is 1. The standard InChI is InChI=1S/C14H23N3O4S/c1-10-13(11(2)21-16-10)7-14(18)17-6-4-5-12(9-17)8-15-22(3,19)20/h12,15H,4-9H2,1-3H3. The minimum absolute atomic E-state index is 0.0402. The van der Waals surface area contributed by atoms with Crippen LogP contribution in [0.15, 0.2) is 4.52 Å². The normalized spacial score (nSPS) is 19.4. The van der Waals surface area contributed by atoms with Crippen molar-refractivity contribution >= 4 is 15.9 Å². The molecule has 2 rings (SSSR count). The van der Waals surface area contributed by atoms with Gasteiger partial charge < -0.3 is 9.42 Å². The van der Waals surface area contributed by atoms with Gasteiger partial charge >= 0.3 is 0 Å². The molecule has 0 aromatic carbocycles. The highest BCUT2D eigenvalue weighted by molar-refractivity contribution is 7.88. The first-order valence-corrected chi connectivity index (χ1v) is 9.29. The Bertz CT molecular complexity index is 619. The number of nitrogens with zero attached hydrogens (tertiary/aromatic N) is 2. The van der Waals surface area contributed by atoms with Crippen LogP contribution in [0.2, 0.25) is 0 Å². The molecule has 22 heavy (non-hydrogen) atoms. The van der Waals surface area contributed by atoms with Crippen LogP contribution < -0.4 is 4.72 Å². The van der Waals surface area contributed by atoms with Crippen LogP contribution in [-0.4, -0.2) is 50.3 Å². The Balaban J connectivity index is 1.93. The van der Waals surface area contributed by atoms with Crippen molar-refractivity contribution in [1.29, 1.82) is 0 Å². The molecule has 0 aliphatic carbocycles. The third-order valence-electron chi connectivity index (χ3n) is 4.02. The molecule has 1 fully saturated rings. The average molecular weight is 329 g/mol. The summed E-state index contributed by atoms with van der Waals surface area (Å²) in [6, 6.07) is 0. The van der Waals surface area contributed by atoms with E-state index < -0.39 is 10.0 Å². The van der Waals surface area contributed by atoms with Crippen LogP contribution in [0.4, 0.5) is 0 Å². The Hall–Kier alpha value is -1.41. The van der Waals surface area contributed by atoms with Crippen molar-refractivity contribution < 1.29 is 17.7 Å². The fourth-order valence-corrected chi connectivity index (χ4v) is 3.28. The molecular formula is C14H23N3O4S. The number of piperidine rings is 1. The van der Waals surface area contributed by atoms with E-state index in [1.54, 1.807) is 6.92 Å². The second-order valence-electron chi connectivity index (χ2n) is 5.95. The molecule has 124 valence electrons. The Kier molecular flexibility index (Phi) is 5.23. The number of carbonyl (C=O) groups excluding carboxylic acids is 1. The highest BCUT2D eigenvalue weighted by Gasteiger charge is 2.25. The summed E-state index contributed by atoms with van der Waals surface area (Å²) < 4.78 is 29.9. The zero-order chi connectivity index (χ0) is 16.3. The van der Waals surface area contributed by atoms with Crippen molar-refractivity contribution in [2.24, 2.45) is 5.92 Å². The van der Waals surface area contributed by atoms with Gasteiger partial charge in [-0.05, 0) is 32.6 Å². The number of rotatable bonds is 5. The Labute approximate surface area is 131 Å². The second kappa shape index (κ2) is 6.78. The molecule has 2 heterocycles. The van der Waals surface area contributed by atoms with Gasteiger partial charge in [-0.2, -0.15) is 0 Å². The molecule has 7 nitrogen and oxygen atoms in total. The van der Waals surface area contributed by atoms with Crippen LogP contribution >= 0.6 is 0 Å². The minimum Gasteiger partial charge on any atom is -0.361 e. The first-order valence-electron chi connectivity index (χ1n) is 7.40. The predicted octanol–water partition coefficient (Wildman–Crippen LogP) is 0.622. The fraction of sp³-hybridized carbons (Fsp3) is 0.714. The molecule has 0 spiro atoms. The molecular weight excluding hydrogens is 306 g/mol. The summed E-state index contributed by atoms with van der Waals surface area (Å²) in [4.78, 5) is 14.2. The van der Waals surface area contributed by atoms with Gasteiger partial charge in [0.05, 0.1) is 18.4 Å². The molecule has 1 unspecified atom stereocenters. The highest BCUT2D eigenvalue weighted by atomic mass is 32.2. The molecule has 1 aliphatic rings. The van der Waals surface area contributed by atoms with E-state index in [1.807, 2.05) is 11.8 Å². The van der Waals surface area contributed by atoms with Crippen molar-refractivity contribution in [3.8, 4) is 0 Å². The largest absolute Gasteiger partial charge is 0.361 e. The Morgan fingerprint density at radius 3 is 2.77 bits per heavy atom. The molecule has 1 aromatic heterocycles. The van der Waals surface area contributed by atoms with E-state index in [9.17, 15) is 13.2 Å². The highest BCUT2D eigenvalue weighted by Crippen LogP contribution is 2.19. The maximum Gasteiger partial charge on any atom is 0.227 e. The molecule has 0 bridgehead atoms. The van der Waals surface area contributed by atoms with Crippen LogP contribution in [0.25, 0.3) is 0 Å². The summed E-state index contributed by atoms with van der Waals surface area (Å²) in [6.45, 7) is 5.32. The van der Waals surface area contributed by atoms with E-state index >= 15 is 0 Å². The number of sulfonamides is 1. The first-order chi connectivity index (χ1) is 10.3. The third-order valence-corrected chi connectivity index (χ3v) is 4.71. The summed E-state index contributed by atoms with van der Waals surface area (Å²) in [7, 11) is -3.19. The Morgan fingerprint density at radius 1 is 1.45 bits per heavy atom. The lowest BCUT2D eigenvalue weighted by atomic mass is 9.97. The maximum absolute atomic E-state index is 12.4. The van der Waals surface area contributed by atoms with Gasteiger partial charge in [-0.15, -0.1) is 0 Å². The van der Waals surface area contributed by atoms with E-state index in [-0.39, 0.29) is 18.2 Å². The zero-order valence-corrected chi connectivity index (χ0v) is 14.1. The molecule has 1 aliphatic heterocycles. The van der Waals surface area contributed by atoms with E-state index in [0.29, 0.717) is 18.8 Å². The number of nitrogens with one attached hydrogen (secondary N) is 1. The van der Waals surface area contributed by atoms with Gasteiger partial charge in [0.25, 0.3) is 0 Å². The van der Waals surface area contributed by atoms with Crippen LogP contribution in [0, 0.1) is 19.8 Å². The van der Waals surface area contributed by atoms with Gasteiger partial charge in [-0.1, -0.05) is 5.16 Å². The van der Waals surface area contributed by atoms with E-state index in [4.69, 9.17) is 4.52 Å². The van der Waals surface area contributed by atoms with E-state index in [1.165, 1.54) is 0 Å². The monoisotopic (exact) mass is 329 g/mol. The molecule has 0 radical (unpaired) electrons. The SMILES string of the molecule is Cc1noc(C)c1CC(=O)N1CCCC(CNS(C)(=O)=O)C1. The van der Waals surface area contributed by atoms with Crippen molar-refractivity contribution in [3.63, 3.8) is 0 Å². The lowest BCUT2D eigenvalue weighted by Gasteiger charge is -2.32. The Morgan fingerprint density at radius 2 is 2.18 bits per heavy atom.